The highest BCUT2D eigenvalue weighted by Gasteiger charge is 2.21. The number of nitrogens with zero attached hydrogens (tertiary/aromatic N) is 3. The Morgan fingerprint density at radius 3 is 0.959 bits per heavy atom. The van der Waals surface area contributed by atoms with E-state index in [0.29, 0.717) is 0 Å². The number of fused-ring (bicyclic) bond motifs is 16. The number of halogens is 1. The zero-order valence-electron chi connectivity index (χ0n) is 66.1. The van der Waals surface area contributed by atoms with Crippen LogP contribution in [-0.4, -0.2) is 9.55 Å². The number of anilines is 6. The van der Waals surface area contributed by atoms with Crippen molar-refractivity contribution < 1.29 is 0 Å². The van der Waals surface area contributed by atoms with Gasteiger partial charge in [-0.15, -0.1) is 0 Å². The molecule has 0 amide bonds. The Balaban J connectivity index is 0.000000121. The third kappa shape index (κ3) is 13.6. The Morgan fingerprint density at radius 1 is 0.190 bits per heavy atom. The molecule has 121 heavy (non-hydrogen) atoms. The molecule has 0 aliphatic rings. The summed E-state index contributed by atoms with van der Waals surface area (Å²) < 4.78 is 3.54. The highest BCUT2D eigenvalue weighted by Crippen LogP contribution is 2.45. The molecule has 0 radical (unpaired) electrons. The molecule has 0 aliphatic heterocycles. The highest BCUT2D eigenvalue weighted by molar-refractivity contribution is 9.10. The molecule has 568 valence electrons. The van der Waals surface area contributed by atoms with E-state index in [4.69, 9.17) is 0 Å². The van der Waals surface area contributed by atoms with Crippen LogP contribution < -0.4 is 9.80 Å². The lowest BCUT2D eigenvalue weighted by Gasteiger charge is -2.26. The molecule has 24 rings (SSSR count). The minimum absolute atomic E-state index is 1.09. The smallest absolute Gasteiger partial charge is 0.0547 e. The molecular weight excluding hydrogens is 1530 g/mol. The first-order chi connectivity index (χ1) is 59.9. The molecule has 0 saturated carbocycles. The van der Waals surface area contributed by atoms with Gasteiger partial charge in [0, 0.05) is 76.9 Å². The number of H-pyrrole nitrogens is 1. The lowest BCUT2D eigenvalue weighted by Crippen LogP contribution is -2.09. The third-order valence-corrected chi connectivity index (χ3v) is 24.7. The van der Waals surface area contributed by atoms with Crippen LogP contribution in [0.2, 0.25) is 0 Å². The van der Waals surface area contributed by atoms with E-state index in [9.17, 15) is 0 Å². The summed E-state index contributed by atoms with van der Waals surface area (Å²) in [6.45, 7) is 0. The van der Waals surface area contributed by atoms with Gasteiger partial charge >= 0.3 is 0 Å². The molecule has 24 aromatic rings. The molecular formula is C116H77BrN4. The van der Waals surface area contributed by atoms with E-state index in [2.05, 4.69) is 496 Å². The van der Waals surface area contributed by atoms with Gasteiger partial charge in [0.05, 0.1) is 11.0 Å². The maximum atomic E-state index is 3.63. The zero-order valence-corrected chi connectivity index (χ0v) is 67.7. The van der Waals surface area contributed by atoms with Crippen molar-refractivity contribution in [2.45, 2.75) is 0 Å². The average Bonchev–Trinajstić information content (AvgIpc) is 1.56. The number of rotatable bonds is 11. The predicted molar refractivity (Wildman–Crippen MR) is 522 cm³/mol. The second kappa shape index (κ2) is 30.9. The molecule has 0 saturated heterocycles. The lowest BCUT2D eigenvalue weighted by molar-refractivity contribution is 1.18. The van der Waals surface area contributed by atoms with Crippen molar-refractivity contribution >= 4 is 180 Å². The second-order valence-corrected chi connectivity index (χ2v) is 32.3. The second-order valence-electron chi connectivity index (χ2n) is 31.3. The van der Waals surface area contributed by atoms with E-state index in [0.717, 1.165) is 44.3 Å². The Bertz CT molecular complexity index is 7930. The van der Waals surface area contributed by atoms with Crippen molar-refractivity contribution in [3.05, 3.63) is 466 Å². The molecule has 0 aliphatic carbocycles. The Labute approximate surface area is 709 Å². The standard InChI is InChI=1S/C58H38N2.C32H22BrN.C26H17N/c1-3-14-45-36-50(32-24-39(45)10-1)59(51-33-25-40-11-2-4-15-46(40)37-51)48-28-20-41(21-29-48)42-22-30-49(31-23-42)60-56-35-27-44-13-6-8-18-54(44)58(56)55-34-26-47(38-57(55)60)53-19-9-16-43-12-5-7-17-52(43)53;33-29-15-9-25(10-16-29)26-11-17-30(18-12-26)34(31-19-13-23-5-1-3-7-27(23)21-31)32-20-14-24-6-2-4-8-28(24)22-32;1-3-9-20-17(6-1)8-5-11-21(20)19-12-14-23-25(16-19)27-24-15-13-18-7-2-4-10-22(18)26(23)24/h1-38H;1-22H;1-16,27H. The monoisotopic (exact) mass is 1600 g/mol. The summed E-state index contributed by atoms with van der Waals surface area (Å²) >= 11 is 3.53. The predicted octanol–water partition coefficient (Wildman–Crippen LogP) is 33.4. The van der Waals surface area contributed by atoms with Gasteiger partial charge in [-0.1, -0.05) is 356 Å². The fourth-order valence-corrected chi connectivity index (χ4v) is 18.5. The van der Waals surface area contributed by atoms with Gasteiger partial charge in [0.1, 0.15) is 0 Å². The van der Waals surface area contributed by atoms with Gasteiger partial charge in [-0.25, -0.2) is 0 Å². The van der Waals surface area contributed by atoms with E-state index >= 15 is 0 Å². The molecule has 1 N–H and O–H groups in total. The van der Waals surface area contributed by atoms with Gasteiger partial charge in [0.25, 0.3) is 0 Å². The minimum Gasteiger partial charge on any atom is -0.354 e. The number of aromatic nitrogens is 2. The van der Waals surface area contributed by atoms with E-state index in [1.165, 1.54) is 174 Å². The van der Waals surface area contributed by atoms with Crippen LogP contribution in [0.4, 0.5) is 34.1 Å². The summed E-state index contributed by atoms with van der Waals surface area (Å²) in [6.07, 6.45) is 0. The van der Waals surface area contributed by atoms with Crippen molar-refractivity contribution in [3.63, 3.8) is 0 Å². The van der Waals surface area contributed by atoms with E-state index in [1.54, 1.807) is 0 Å². The average molecular weight is 1610 g/mol. The Morgan fingerprint density at radius 2 is 0.512 bits per heavy atom. The van der Waals surface area contributed by atoms with Crippen LogP contribution in [0.25, 0.3) is 180 Å². The zero-order chi connectivity index (χ0) is 80.3. The molecule has 2 aromatic heterocycles. The van der Waals surface area contributed by atoms with Crippen LogP contribution >= 0.6 is 15.9 Å². The van der Waals surface area contributed by atoms with Gasteiger partial charge < -0.3 is 19.4 Å². The number of nitrogens with one attached hydrogen (secondary N) is 1. The third-order valence-electron chi connectivity index (χ3n) is 24.2. The Hall–Kier alpha value is -15.4. The largest absolute Gasteiger partial charge is 0.354 e. The minimum atomic E-state index is 1.09. The highest BCUT2D eigenvalue weighted by atomic mass is 79.9. The number of benzene rings is 22. The summed E-state index contributed by atoms with van der Waals surface area (Å²) in [4.78, 5) is 8.33. The molecule has 0 fully saturated rings. The molecule has 4 nitrogen and oxygen atoms in total. The van der Waals surface area contributed by atoms with Crippen molar-refractivity contribution in [1.29, 1.82) is 0 Å². The first-order valence-electron chi connectivity index (χ1n) is 41.3. The molecule has 2 heterocycles. The SMILES string of the molecule is Brc1ccc(-c2ccc(N(c3ccc4ccccc4c3)c3ccc4ccccc4c3)cc2)cc1.c1ccc2c(-c3ccc4c(c3)[nH]c3ccc5ccccc5c34)cccc2c1.c1ccc2cc(N(c3ccc(-c4ccc(-n5c6cc(-c7cccc8ccccc78)ccc6c6c7ccccc7ccc65)cc4)cc3)c3ccc4ccccc4c3)ccc2c1. The molecule has 0 atom stereocenters. The van der Waals surface area contributed by atoms with E-state index in [-0.39, 0.29) is 0 Å². The van der Waals surface area contributed by atoms with Crippen LogP contribution in [0.5, 0.6) is 0 Å². The fraction of sp³-hybridized carbons (Fsp3) is 0. The first kappa shape index (κ1) is 72.1. The summed E-state index contributed by atoms with van der Waals surface area (Å²) in [5, 5.41) is 25.2. The van der Waals surface area contributed by atoms with E-state index in [1.807, 2.05) is 0 Å². The number of hydrogen-bond donors (Lipinski definition) is 1. The summed E-state index contributed by atoms with van der Waals surface area (Å²) in [6, 6.07) is 167. The molecule has 0 bridgehead atoms. The lowest BCUT2D eigenvalue weighted by atomic mass is 9.97. The van der Waals surface area contributed by atoms with Gasteiger partial charge in [-0.2, -0.15) is 0 Å². The van der Waals surface area contributed by atoms with Gasteiger partial charge in [0.15, 0.2) is 0 Å². The van der Waals surface area contributed by atoms with Crippen LogP contribution in [0.3, 0.4) is 0 Å². The van der Waals surface area contributed by atoms with Gasteiger partial charge in [-0.05, 0) is 252 Å². The maximum absolute atomic E-state index is 3.63. The molecule has 0 unspecified atom stereocenters. The quantitative estimate of drug-likeness (QED) is 0.140. The van der Waals surface area contributed by atoms with Crippen LogP contribution in [-0.2, 0) is 0 Å². The van der Waals surface area contributed by atoms with Crippen molar-refractivity contribution in [3.8, 4) is 50.2 Å². The van der Waals surface area contributed by atoms with Crippen LogP contribution in [0.15, 0.2) is 466 Å². The normalized spacial score (nSPS) is 11.5. The van der Waals surface area contributed by atoms with Gasteiger partial charge in [-0.3, -0.25) is 0 Å². The van der Waals surface area contributed by atoms with Gasteiger partial charge in [0.2, 0.25) is 0 Å². The van der Waals surface area contributed by atoms with E-state index < -0.39 is 0 Å². The Kier molecular flexibility index (Phi) is 18.4. The molecule has 22 aromatic carbocycles. The van der Waals surface area contributed by atoms with Crippen LogP contribution in [0, 0.1) is 0 Å². The van der Waals surface area contributed by atoms with Crippen LogP contribution in [0.1, 0.15) is 0 Å². The number of hydrogen-bond acceptors (Lipinski definition) is 2. The first-order valence-corrected chi connectivity index (χ1v) is 42.1. The molecule has 5 heteroatoms. The maximum Gasteiger partial charge on any atom is 0.0547 e. The summed E-state index contributed by atoms with van der Waals surface area (Å²) in [7, 11) is 0. The summed E-state index contributed by atoms with van der Waals surface area (Å²) in [5.41, 5.74) is 22.5. The van der Waals surface area contributed by atoms with Crippen molar-refractivity contribution in [1.82, 2.24) is 9.55 Å². The number of aromatic amines is 1. The topological polar surface area (TPSA) is 27.2 Å². The fourth-order valence-electron chi connectivity index (χ4n) is 18.2. The van der Waals surface area contributed by atoms with Crippen molar-refractivity contribution in [2.75, 3.05) is 9.80 Å². The molecule has 0 spiro atoms. The summed E-state index contributed by atoms with van der Waals surface area (Å²) in [5.74, 6) is 0. The van der Waals surface area contributed by atoms with Crippen molar-refractivity contribution in [2.24, 2.45) is 0 Å².